The van der Waals surface area contributed by atoms with Crippen molar-refractivity contribution in [2.24, 2.45) is 0 Å². The standard InChI is InChI=1S/C15H11BrFIN2O2/c1-22-15(21)12-13(18)20-7-2-6(3-7)8-5-11(17)10(16)4-9(8)14(20)19-12/h4-7H,2-3H2,1H3. The van der Waals surface area contributed by atoms with Gasteiger partial charge in [-0.05, 0) is 75.0 Å². The lowest BCUT2D eigenvalue weighted by molar-refractivity contribution is 0.0593. The minimum Gasteiger partial charge on any atom is -0.464 e. The van der Waals surface area contributed by atoms with Crippen LogP contribution in [0.2, 0.25) is 0 Å². The van der Waals surface area contributed by atoms with Gasteiger partial charge in [0.15, 0.2) is 5.69 Å². The van der Waals surface area contributed by atoms with E-state index in [4.69, 9.17) is 4.74 Å². The molecule has 3 heterocycles. The van der Waals surface area contributed by atoms with Gasteiger partial charge in [0.2, 0.25) is 0 Å². The predicted octanol–water partition coefficient (Wildman–Crippen LogP) is 4.28. The maximum absolute atomic E-state index is 13.9. The van der Waals surface area contributed by atoms with E-state index in [0.29, 0.717) is 22.1 Å². The first-order valence-corrected chi connectivity index (χ1v) is 8.73. The molecule has 1 aromatic carbocycles. The summed E-state index contributed by atoms with van der Waals surface area (Å²) in [6, 6.07) is 3.67. The first-order chi connectivity index (χ1) is 10.5. The number of benzene rings is 1. The zero-order chi connectivity index (χ0) is 15.6. The molecule has 3 aliphatic rings. The van der Waals surface area contributed by atoms with E-state index in [-0.39, 0.29) is 5.82 Å². The molecular formula is C15H11BrFIN2O2. The second-order valence-corrected chi connectivity index (χ2v) is 7.49. The van der Waals surface area contributed by atoms with E-state index in [9.17, 15) is 9.18 Å². The SMILES string of the molecule is COC(=O)c1nc2n(c1I)C1CC(C1)c1cc(F)c(Br)cc1-2. The van der Waals surface area contributed by atoms with Crippen LogP contribution in [0.25, 0.3) is 11.4 Å². The lowest BCUT2D eigenvalue weighted by Gasteiger charge is -2.34. The summed E-state index contributed by atoms with van der Waals surface area (Å²) < 4.78 is 22.0. The van der Waals surface area contributed by atoms with E-state index in [0.717, 1.165) is 33.5 Å². The molecule has 4 nitrogen and oxygen atoms in total. The fourth-order valence-electron chi connectivity index (χ4n) is 3.31. The third kappa shape index (κ3) is 1.90. The van der Waals surface area contributed by atoms with E-state index in [1.807, 2.05) is 0 Å². The Morgan fingerprint density at radius 1 is 1.50 bits per heavy atom. The van der Waals surface area contributed by atoms with E-state index in [2.05, 4.69) is 48.1 Å². The molecule has 0 N–H and O–H groups in total. The van der Waals surface area contributed by atoms with Crippen molar-refractivity contribution in [1.82, 2.24) is 9.55 Å². The number of imidazole rings is 1. The fraction of sp³-hybridized carbons (Fsp3) is 0.333. The van der Waals surface area contributed by atoms with Gasteiger partial charge in [-0.25, -0.2) is 14.2 Å². The third-order valence-corrected chi connectivity index (χ3v) is 6.12. The van der Waals surface area contributed by atoms with Gasteiger partial charge in [0, 0.05) is 11.6 Å². The number of ether oxygens (including phenoxy) is 1. The minimum atomic E-state index is -0.441. The molecule has 0 amide bonds. The Labute approximate surface area is 148 Å². The van der Waals surface area contributed by atoms with Crippen LogP contribution in [0.1, 0.15) is 40.9 Å². The number of nitrogens with zero attached hydrogens (tertiary/aromatic N) is 2. The molecule has 0 unspecified atom stereocenters. The number of hydrogen-bond acceptors (Lipinski definition) is 3. The highest BCUT2D eigenvalue weighted by atomic mass is 127. The molecule has 2 aromatic rings. The highest BCUT2D eigenvalue weighted by Gasteiger charge is 2.41. The molecule has 0 spiro atoms. The summed E-state index contributed by atoms with van der Waals surface area (Å²) in [5.41, 5.74) is 2.20. The van der Waals surface area contributed by atoms with Crippen molar-refractivity contribution < 1.29 is 13.9 Å². The molecule has 2 bridgehead atoms. The molecule has 0 radical (unpaired) electrons. The highest BCUT2D eigenvalue weighted by molar-refractivity contribution is 14.1. The molecule has 0 saturated heterocycles. The quantitative estimate of drug-likeness (QED) is 0.456. The van der Waals surface area contributed by atoms with Crippen molar-refractivity contribution in [2.75, 3.05) is 7.11 Å². The summed E-state index contributed by atoms with van der Waals surface area (Å²) in [5.74, 6) is 0.390. The Morgan fingerprint density at radius 3 is 2.91 bits per heavy atom. The number of hydrogen-bond donors (Lipinski definition) is 0. The van der Waals surface area contributed by atoms with Gasteiger partial charge in [-0.1, -0.05) is 0 Å². The lowest BCUT2D eigenvalue weighted by Crippen LogP contribution is -2.24. The zero-order valence-corrected chi connectivity index (χ0v) is 15.3. The number of rotatable bonds is 1. The van der Waals surface area contributed by atoms with Crippen LogP contribution in [-0.4, -0.2) is 22.6 Å². The second kappa shape index (κ2) is 5.02. The number of carbonyl (C=O) groups is 1. The first kappa shape index (κ1) is 14.6. The maximum Gasteiger partial charge on any atom is 0.359 e. The number of esters is 1. The molecule has 22 heavy (non-hydrogen) atoms. The average molecular weight is 477 g/mol. The van der Waals surface area contributed by atoms with Gasteiger partial charge in [-0.15, -0.1) is 0 Å². The van der Waals surface area contributed by atoms with E-state index >= 15 is 0 Å². The van der Waals surface area contributed by atoms with Crippen molar-refractivity contribution in [3.8, 4) is 11.4 Å². The maximum atomic E-state index is 13.9. The Bertz CT molecular complexity index is 814. The summed E-state index contributed by atoms with van der Waals surface area (Å²) >= 11 is 5.39. The number of methoxy groups -OCH3 is 1. The lowest BCUT2D eigenvalue weighted by atomic mass is 9.76. The molecule has 2 aliphatic heterocycles. The summed E-state index contributed by atoms with van der Waals surface area (Å²) in [4.78, 5) is 16.4. The molecular weight excluding hydrogens is 466 g/mol. The van der Waals surface area contributed by atoms with Crippen LogP contribution in [0.5, 0.6) is 0 Å². The van der Waals surface area contributed by atoms with Gasteiger partial charge in [0.1, 0.15) is 15.3 Å². The van der Waals surface area contributed by atoms with Crippen molar-refractivity contribution >= 4 is 44.5 Å². The fourth-order valence-corrected chi connectivity index (χ4v) is 4.62. The highest BCUT2D eigenvalue weighted by Crippen LogP contribution is 2.53. The van der Waals surface area contributed by atoms with Crippen LogP contribution in [0, 0.1) is 9.52 Å². The van der Waals surface area contributed by atoms with E-state index in [1.165, 1.54) is 7.11 Å². The van der Waals surface area contributed by atoms with Crippen molar-refractivity contribution in [3.63, 3.8) is 0 Å². The van der Waals surface area contributed by atoms with Crippen LogP contribution in [0.4, 0.5) is 4.39 Å². The third-order valence-electron chi connectivity index (χ3n) is 4.48. The van der Waals surface area contributed by atoms with Gasteiger partial charge in [0.25, 0.3) is 0 Å². The molecule has 114 valence electrons. The molecule has 0 atom stereocenters. The van der Waals surface area contributed by atoms with Crippen LogP contribution in [0.3, 0.4) is 0 Å². The molecule has 7 heteroatoms. The topological polar surface area (TPSA) is 44.1 Å². The summed E-state index contributed by atoms with van der Waals surface area (Å²) in [5, 5.41) is 0. The largest absolute Gasteiger partial charge is 0.464 e. The summed E-state index contributed by atoms with van der Waals surface area (Å²) in [7, 11) is 1.35. The first-order valence-electron chi connectivity index (χ1n) is 6.86. The van der Waals surface area contributed by atoms with Crippen LogP contribution in [-0.2, 0) is 4.74 Å². The Hall–Kier alpha value is -0.960. The minimum absolute atomic E-state index is 0.259. The van der Waals surface area contributed by atoms with Crippen LogP contribution in [0.15, 0.2) is 16.6 Å². The molecule has 5 rings (SSSR count). The van der Waals surface area contributed by atoms with Crippen molar-refractivity contribution in [3.05, 3.63) is 37.4 Å². The number of aromatic nitrogens is 2. The van der Waals surface area contributed by atoms with Gasteiger partial charge in [0.05, 0.1) is 11.6 Å². The Morgan fingerprint density at radius 2 is 2.23 bits per heavy atom. The predicted molar refractivity (Wildman–Crippen MR) is 90.4 cm³/mol. The molecule has 1 fully saturated rings. The molecule has 1 aromatic heterocycles. The summed E-state index contributed by atoms with van der Waals surface area (Å²) in [6.07, 6.45) is 1.90. The van der Waals surface area contributed by atoms with Gasteiger partial charge < -0.3 is 9.30 Å². The van der Waals surface area contributed by atoms with Crippen molar-refractivity contribution in [1.29, 1.82) is 0 Å². The zero-order valence-electron chi connectivity index (χ0n) is 11.6. The van der Waals surface area contributed by atoms with Crippen molar-refractivity contribution in [2.45, 2.75) is 24.8 Å². The molecule has 1 aliphatic carbocycles. The number of halogens is 3. The Kier molecular flexibility index (Phi) is 3.34. The van der Waals surface area contributed by atoms with Crippen LogP contribution < -0.4 is 0 Å². The normalized spacial score (nSPS) is 21.5. The van der Waals surface area contributed by atoms with Crippen LogP contribution >= 0.6 is 38.5 Å². The molecule has 1 saturated carbocycles. The smallest absolute Gasteiger partial charge is 0.359 e. The Balaban J connectivity index is 2.01. The van der Waals surface area contributed by atoms with E-state index in [1.54, 1.807) is 12.1 Å². The number of carbonyl (C=O) groups excluding carboxylic acids is 1. The summed E-state index contributed by atoms with van der Waals surface area (Å²) in [6.45, 7) is 0. The van der Waals surface area contributed by atoms with Gasteiger partial charge in [-0.2, -0.15) is 0 Å². The van der Waals surface area contributed by atoms with Gasteiger partial charge >= 0.3 is 5.97 Å². The average Bonchev–Trinajstić information content (AvgIpc) is 2.65. The second-order valence-electron chi connectivity index (χ2n) is 5.61. The monoisotopic (exact) mass is 476 g/mol. The van der Waals surface area contributed by atoms with Gasteiger partial charge in [-0.3, -0.25) is 0 Å². The van der Waals surface area contributed by atoms with E-state index < -0.39 is 5.97 Å².